The van der Waals surface area contributed by atoms with Crippen molar-refractivity contribution >= 4 is 34.1 Å². The predicted octanol–water partition coefficient (Wildman–Crippen LogP) is 4.49. The van der Waals surface area contributed by atoms with Crippen molar-refractivity contribution in [3.8, 4) is 0 Å². The first-order chi connectivity index (χ1) is 20.1. The van der Waals surface area contributed by atoms with Crippen LogP contribution in [0.2, 0.25) is 0 Å². The van der Waals surface area contributed by atoms with Gasteiger partial charge < -0.3 is 4.90 Å². The molecule has 41 heavy (non-hydrogen) atoms. The number of aromatic nitrogens is 1. The lowest BCUT2D eigenvalue weighted by atomic mass is 9.13. The van der Waals surface area contributed by atoms with Crippen LogP contribution in [0.15, 0.2) is 146 Å². The molecule has 1 aromatic heterocycles. The molecule has 0 aliphatic heterocycles. The molecule has 0 saturated carbocycles. The van der Waals surface area contributed by atoms with Crippen molar-refractivity contribution in [1.29, 1.82) is 0 Å². The highest BCUT2D eigenvalue weighted by molar-refractivity contribution is 7.19. The van der Waals surface area contributed by atoms with Gasteiger partial charge in [0.25, 0.3) is 0 Å². The van der Waals surface area contributed by atoms with E-state index in [-0.39, 0.29) is 6.09 Å². The third kappa shape index (κ3) is 6.75. The van der Waals surface area contributed by atoms with E-state index in [1.54, 1.807) is 11.1 Å². The van der Waals surface area contributed by atoms with E-state index in [0.29, 0.717) is 13.1 Å². The molecule has 4 nitrogen and oxygen atoms in total. The number of rotatable bonds is 8. The third-order valence-electron chi connectivity index (χ3n) is 7.66. The molecule has 0 radical (unpaired) electrons. The molecule has 0 saturated heterocycles. The largest absolute Gasteiger partial charge is 0.478 e. The number of aryl methyl sites for hydroxylation is 1. The fourth-order valence-corrected chi connectivity index (χ4v) is 5.57. The Hall–Kier alpha value is -4.64. The van der Waals surface area contributed by atoms with Crippen molar-refractivity contribution in [1.82, 2.24) is 4.90 Å². The van der Waals surface area contributed by atoms with Gasteiger partial charge in [0.05, 0.1) is 0 Å². The van der Waals surface area contributed by atoms with Crippen molar-refractivity contribution < 1.29 is 14.4 Å². The Morgan fingerprint density at radius 2 is 0.951 bits per heavy atom. The van der Waals surface area contributed by atoms with Gasteiger partial charge in [-0.1, -0.05) is 128 Å². The Morgan fingerprint density at radius 1 is 0.585 bits per heavy atom. The van der Waals surface area contributed by atoms with E-state index in [0.717, 1.165) is 12.1 Å². The molecular formula is C36H39BN2O2. The predicted molar refractivity (Wildman–Crippen MR) is 171 cm³/mol. The summed E-state index contributed by atoms with van der Waals surface area (Å²) >= 11 is 0. The average molecular weight is 543 g/mol. The van der Waals surface area contributed by atoms with Gasteiger partial charge in [0.1, 0.15) is 6.15 Å². The number of carbonyl (C=O) groups excluding carboxylic acids is 1. The molecule has 0 fully saturated rings. The molecule has 0 aliphatic carbocycles. The van der Waals surface area contributed by atoms with E-state index >= 15 is 0 Å². The van der Waals surface area contributed by atoms with Crippen LogP contribution >= 0.6 is 0 Å². The maximum Gasteiger partial charge on any atom is 0.478 e. The smallest absolute Gasteiger partial charge is 0.303 e. The molecule has 1 heterocycles. The molecule has 0 spiro atoms. The summed E-state index contributed by atoms with van der Waals surface area (Å²) in [6.07, 6.45) is 1.05. The van der Waals surface area contributed by atoms with E-state index in [2.05, 4.69) is 121 Å². The molecule has 0 bridgehead atoms. The Balaban J connectivity index is 0.000000210. The Morgan fingerprint density at radius 3 is 1.29 bits per heavy atom. The summed E-state index contributed by atoms with van der Waals surface area (Å²) in [5.41, 5.74) is 6.33. The fourth-order valence-electron chi connectivity index (χ4n) is 5.57. The molecule has 5 heteroatoms. The molecule has 1 amide bonds. The Bertz CT molecular complexity index is 1310. The van der Waals surface area contributed by atoms with Gasteiger partial charge in [0.15, 0.2) is 0 Å². The van der Waals surface area contributed by atoms with E-state index in [4.69, 9.17) is 4.84 Å². The summed E-state index contributed by atoms with van der Waals surface area (Å²) in [6, 6.07) is 49.2. The minimum absolute atomic E-state index is 0.309. The molecular weight excluding hydrogens is 503 g/mol. The van der Waals surface area contributed by atoms with Crippen molar-refractivity contribution in [3.05, 3.63) is 151 Å². The quantitative estimate of drug-likeness (QED) is 0.214. The van der Waals surface area contributed by atoms with E-state index in [1.165, 1.54) is 26.6 Å². The topological polar surface area (TPSA) is 33.4 Å². The van der Waals surface area contributed by atoms with E-state index in [1.807, 2.05) is 39.0 Å². The van der Waals surface area contributed by atoms with Gasteiger partial charge in [0.2, 0.25) is 11.9 Å². The van der Waals surface area contributed by atoms with Gasteiger partial charge in [0, 0.05) is 36.4 Å². The zero-order chi connectivity index (χ0) is 28.9. The van der Waals surface area contributed by atoms with Crippen LogP contribution in [-0.4, -0.2) is 30.2 Å². The third-order valence-corrected chi connectivity index (χ3v) is 7.66. The van der Waals surface area contributed by atoms with Crippen LogP contribution in [0.5, 0.6) is 0 Å². The second-order valence-electron chi connectivity index (χ2n) is 9.91. The number of amides is 1. The average Bonchev–Trinajstić information content (AvgIpc) is 3.05. The monoisotopic (exact) mass is 542 g/mol. The lowest BCUT2D eigenvalue weighted by molar-refractivity contribution is -0.874. The molecule has 0 unspecified atom stereocenters. The SMILES string of the molecule is CCc1cccc[n+]1OC(=O)N(CC)CC.c1ccc([B-](c2ccccc2)(c2ccccc2)c2ccccc2)cc1. The summed E-state index contributed by atoms with van der Waals surface area (Å²) < 4.78 is 1.53. The molecule has 5 rings (SSSR count). The number of pyridine rings is 1. The van der Waals surface area contributed by atoms with Crippen LogP contribution in [0.4, 0.5) is 4.79 Å². The number of hydrogen-bond acceptors (Lipinski definition) is 2. The van der Waals surface area contributed by atoms with Gasteiger partial charge in [-0.05, 0) is 19.9 Å². The van der Waals surface area contributed by atoms with Crippen molar-refractivity contribution in [2.45, 2.75) is 27.2 Å². The number of nitrogens with zero attached hydrogens (tertiary/aromatic N) is 2. The summed E-state index contributed by atoms with van der Waals surface area (Å²) in [6.45, 7) is 7.20. The summed E-state index contributed by atoms with van der Waals surface area (Å²) in [4.78, 5) is 18.6. The second-order valence-corrected chi connectivity index (χ2v) is 9.91. The van der Waals surface area contributed by atoms with Gasteiger partial charge in [-0.25, -0.2) is 4.79 Å². The highest BCUT2D eigenvalue weighted by atomic mass is 16.7. The number of hydrogen-bond donors (Lipinski definition) is 0. The molecule has 5 aromatic rings. The van der Waals surface area contributed by atoms with Gasteiger partial charge in [-0.3, -0.25) is 0 Å². The fraction of sp³-hybridized carbons (Fsp3) is 0.167. The standard InChI is InChI=1S/C24H20B.C12H19N2O2/c1-5-13-21(14-6-1)25(22-15-7-2-8-16-22,23-17-9-3-10-18-23)24-19-11-4-12-20-24;1-4-11-9-7-8-10-14(11)16-12(15)13(5-2)6-3/h1-20H;7-10H,4-6H2,1-3H3/q-1;+1. The minimum atomic E-state index is -1.22. The first-order valence-electron chi connectivity index (χ1n) is 14.5. The van der Waals surface area contributed by atoms with Crippen LogP contribution in [0, 0.1) is 0 Å². The van der Waals surface area contributed by atoms with E-state index in [9.17, 15) is 4.79 Å². The molecule has 0 aliphatic rings. The molecule has 0 N–H and O–H groups in total. The van der Waals surface area contributed by atoms with E-state index < -0.39 is 6.15 Å². The summed E-state index contributed by atoms with van der Waals surface area (Å²) in [5, 5.41) is 0. The van der Waals surface area contributed by atoms with Crippen molar-refractivity contribution in [3.63, 3.8) is 0 Å². The molecule has 208 valence electrons. The van der Waals surface area contributed by atoms with Crippen LogP contribution in [0.25, 0.3) is 0 Å². The highest BCUT2D eigenvalue weighted by Crippen LogP contribution is 2.09. The zero-order valence-electron chi connectivity index (χ0n) is 24.3. The van der Waals surface area contributed by atoms with Crippen molar-refractivity contribution in [2.24, 2.45) is 0 Å². The summed E-state index contributed by atoms with van der Waals surface area (Å²) in [7, 11) is 0. The van der Waals surface area contributed by atoms with Gasteiger partial charge in [-0.2, -0.15) is 26.7 Å². The molecule has 4 aromatic carbocycles. The molecule has 0 atom stereocenters. The highest BCUT2D eigenvalue weighted by Gasteiger charge is 2.31. The maximum atomic E-state index is 11.7. The second kappa shape index (κ2) is 14.7. The normalized spacial score (nSPS) is 10.7. The van der Waals surface area contributed by atoms with Crippen molar-refractivity contribution in [2.75, 3.05) is 13.1 Å². The Labute approximate surface area is 244 Å². The summed E-state index contributed by atoms with van der Waals surface area (Å²) in [5.74, 6) is 0. The minimum Gasteiger partial charge on any atom is -0.303 e. The lowest BCUT2D eigenvalue weighted by Crippen LogP contribution is -2.74. The number of benzene rings is 4. The van der Waals surface area contributed by atoms with Crippen LogP contribution in [0.1, 0.15) is 26.5 Å². The first kappa shape index (κ1) is 29.4. The van der Waals surface area contributed by atoms with Gasteiger partial charge >= 0.3 is 6.09 Å². The first-order valence-corrected chi connectivity index (χ1v) is 14.5. The maximum absolute atomic E-state index is 11.7. The zero-order valence-corrected chi connectivity index (χ0v) is 24.3. The number of carbonyl (C=O) groups is 1. The lowest BCUT2D eigenvalue weighted by Gasteiger charge is -2.44. The van der Waals surface area contributed by atoms with Gasteiger partial charge in [-0.15, -0.1) is 0 Å². The Kier molecular flexibility index (Phi) is 10.5. The van der Waals surface area contributed by atoms with Crippen LogP contribution < -0.4 is 31.4 Å². The van der Waals surface area contributed by atoms with Crippen LogP contribution in [-0.2, 0) is 6.42 Å². The van der Waals surface area contributed by atoms with Crippen LogP contribution in [0.3, 0.4) is 0 Å².